The molecule has 0 bridgehead atoms. The molecule has 3 N–H and O–H groups in total. The predicted octanol–water partition coefficient (Wildman–Crippen LogP) is 4.25. The number of nitrogens with one attached hydrogen (secondary N) is 2. The molecule has 0 atom stereocenters. The summed E-state index contributed by atoms with van der Waals surface area (Å²) < 4.78 is 11.5. The molecule has 9 heteroatoms. The van der Waals surface area contributed by atoms with Crippen LogP contribution in [0.15, 0.2) is 24.3 Å². The third kappa shape index (κ3) is 5.76. The number of nitrogens with zero attached hydrogens (tertiary/aromatic N) is 1. The Morgan fingerprint density at radius 1 is 1.14 bits per heavy atom. The summed E-state index contributed by atoms with van der Waals surface area (Å²) in [5.41, 5.74) is 1.97. The van der Waals surface area contributed by atoms with E-state index in [1.165, 1.54) is 13.1 Å². The van der Waals surface area contributed by atoms with E-state index < -0.39 is 11.4 Å². The smallest absolute Gasteiger partial charge is 0.339 e. The van der Waals surface area contributed by atoms with Crippen LogP contribution in [0, 0.1) is 5.41 Å². The van der Waals surface area contributed by atoms with Crippen molar-refractivity contribution < 1.29 is 29.0 Å². The number of amidine groups is 1. The van der Waals surface area contributed by atoms with Crippen molar-refractivity contribution in [1.29, 1.82) is 5.41 Å². The van der Waals surface area contributed by atoms with Crippen LogP contribution in [0.1, 0.15) is 89.3 Å². The van der Waals surface area contributed by atoms with Crippen LogP contribution in [0.3, 0.4) is 0 Å². The lowest BCUT2D eigenvalue weighted by atomic mass is 9.83. The summed E-state index contributed by atoms with van der Waals surface area (Å²) in [6.07, 6.45) is -0.245. The van der Waals surface area contributed by atoms with Gasteiger partial charge in [-0.15, -0.1) is 0 Å². The second-order valence-electron chi connectivity index (χ2n) is 10.3. The van der Waals surface area contributed by atoms with E-state index in [0.717, 1.165) is 5.56 Å². The molecule has 0 unspecified atom stereocenters. The second-order valence-corrected chi connectivity index (χ2v) is 10.3. The van der Waals surface area contributed by atoms with Crippen LogP contribution >= 0.6 is 0 Å². The zero-order valence-corrected chi connectivity index (χ0v) is 22.4. The van der Waals surface area contributed by atoms with E-state index >= 15 is 0 Å². The van der Waals surface area contributed by atoms with Gasteiger partial charge in [-0.2, -0.15) is 0 Å². The lowest BCUT2D eigenvalue weighted by Gasteiger charge is -2.26. The summed E-state index contributed by atoms with van der Waals surface area (Å²) in [6, 6.07) is 6.39. The van der Waals surface area contributed by atoms with Crippen LogP contribution in [0.2, 0.25) is 0 Å². The molecule has 9 nitrogen and oxygen atoms in total. The molecule has 1 aliphatic rings. The first-order valence-corrected chi connectivity index (χ1v) is 12.3. The molecule has 0 aliphatic carbocycles. The highest BCUT2D eigenvalue weighted by Gasteiger charge is 2.31. The van der Waals surface area contributed by atoms with E-state index in [-0.39, 0.29) is 47.1 Å². The maximum Gasteiger partial charge on any atom is 0.339 e. The molecule has 3 rings (SSSR count). The summed E-state index contributed by atoms with van der Waals surface area (Å²) in [5.74, 6) is -1.03. The Bertz CT molecular complexity index is 1260. The number of ether oxygens (including phenoxy) is 2. The van der Waals surface area contributed by atoms with E-state index in [2.05, 4.69) is 5.32 Å². The topological polar surface area (TPSA) is 129 Å². The van der Waals surface area contributed by atoms with Gasteiger partial charge in [0.25, 0.3) is 5.91 Å². The molecule has 1 aliphatic heterocycles. The molecule has 0 radical (unpaired) electrons. The first kappa shape index (κ1) is 27.7. The van der Waals surface area contributed by atoms with Crippen molar-refractivity contribution in [2.45, 2.75) is 59.6 Å². The Kier molecular flexibility index (Phi) is 7.95. The average Bonchev–Trinajstić information content (AvgIpc) is 3.11. The number of carboxylic acids is 1. The molecule has 198 valence electrons. The number of aromatic carboxylic acids is 1. The van der Waals surface area contributed by atoms with Gasteiger partial charge in [-0.05, 0) is 56.0 Å². The van der Waals surface area contributed by atoms with Gasteiger partial charge in [0.05, 0.1) is 24.8 Å². The number of ketones is 1. The second kappa shape index (κ2) is 10.6. The van der Waals surface area contributed by atoms with Gasteiger partial charge in [-0.1, -0.05) is 20.8 Å². The average molecular weight is 510 g/mol. The van der Waals surface area contributed by atoms with Crippen LogP contribution in [0.4, 0.5) is 0 Å². The number of fused-ring (bicyclic) bond motifs is 1. The largest absolute Gasteiger partial charge is 0.493 e. The van der Waals surface area contributed by atoms with E-state index in [1.54, 1.807) is 23.1 Å². The summed E-state index contributed by atoms with van der Waals surface area (Å²) in [6.45, 7) is 11.8. The summed E-state index contributed by atoms with van der Waals surface area (Å²) in [7, 11) is 1.52. The molecule has 2 aromatic rings. The number of benzene rings is 2. The number of rotatable bonds is 9. The number of carboxylic acid groups (broad SMARTS) is 1. The SMILES string of the molecule is CCOc1cc2c(cc1C(=O)NC)C(=N)N(CC(=O)c1cc(C(=O)O)c(OC(C)C)c(C(C)(C)C)c1)C2. The lowest BCUT2D eigenvalue weighted by Crippen LogP contribution is -2.31. The van der Waals surface area contributed by atoms with E-state index in [9.17, 15) is 19.5 Å². The number of hydrogen-bond donors (Lipinski definition) is 3. The van der Waals surface area contributed by atoms with Crippen molar-refractivity contribution in [3.63, 3.8) is 0 Å². The van der Waals surface area contributed by atoms with Gasteiger partial charge in [-0.3, -0.25) is 15.0 Å². The Balaban J connectivity index is 1.97. The highest BCUT2D eigenvalue weighted by Crippen LogP contribution is 2.37. The van der Waals surface area contributed by atoms with Crippen molar-refractivity contribution in [1.82, 2.24) is 10.2 Å². The minimum atomic E-state index is -1.18. The highest BCUT2D eigenvalue weighted by atomic mass is 16.5. The normalized spacial score (nSPS) is 13.0. The first-order chi connectivity index (χ1) is 17.3. The fourth-order valence-electron chi connectivity index (χ4n) is 4.28. The molecule has 0 saturated carbocycles. The third-order valence-corrected chi connectivity index (χ3v) is 6.05. The van der Waals surface area contributed by atoms with E-state index in [0.29, 0.717) is 35.6 Å². The number of Topliss-reactive ketones (excluding diaryl/α,β-unsaturated/α-hetero) is 1. The molecule has 1 amide bonds. The Hall–Kier alpha value is -3.88. The zero-order valence-electron chi connectivity index (χ0n) is 22.4. The molecule has 1 heterocycles. The summed E-state index contributed by atoms with van der Waals surface area (Å²) in [4.78, 5) is 39.5. The van der Waals surface area contributed by atoms with Gasteiger partial charge in [-0.25, -0.2) is 4.79 Å². The number of carbonyl (C=O) groups is 3. The quantitative estimate of drug-likeness (QED) is 0.431. The number of amides is 1. The maximum atomic E-state index is 13.4. The van der Waals surface area contributed by atoms with Crippen molar-refractivity contribution in [3.8, 4) is 11.5 Å². The van der Waals surface area contributed by atoms with Crippen molar-refractivity contribution in [2.75, 3.05) is 20.2 Å². The van der Waals surface area contributed by atoms with E-state index in [1.807, 2.05) is 41.5 Å². The Morgan fingerprint density at radius 3 is 2.35 bits per heavy atom. The fraction of sp³-hybridized carbons (Fsp3) is 0.429. The summed E-state index contributed by atoms with van der Waals surface area (Å²) >= 11 is 0. The Labute approximate surface area is 217 Å². The molecule has 0 aromatic heterocycles. The minimum absolute atomic E-state index is 0.0687. The molecular formula is C28H35N3O6. The summed E-state index contributed by atoms with van der Waals surface area (Å²) in [5, 5.41) is 21.1. The molecule has 0 fully saturated rings. The van der Waals surface area contributed by atoms with Crippen molar-refractivity contribution in [3.05, 3.63) is 57.6 Å². The van der Waals surface area contributed by atoms with Crippen LogP contribution in [-0.4, -0.2) is 59.8 Å². The first-order valence-electron chi connectivity index (χ1n) is 12.3. The van der Waals surface area contributed by atoms with Gasteiger partial charge >= 0.3 is 5.97 Å². The molecule has 0 spiro atoms. The highest BCUT2D eigenvalue weighted by molar-refractivity contribution is 6.08. The molecule has 0 saturated heterocycles. The fourth-order valence-corrected chi connectivity index (χ4v) is 4.28. The van der Waals surface area contributed by atoms with Gasteiger partial charge in [0.1, 0.15) is 22.9 Å². The molecular weight excluding hydrogens is 474 g/mol. The minimum Gasteiger partial charge on any atom is -0.493 e. The van der Waals surface area contributed by atoms with E-state index in [4.69, 9.17) is 14.9 Å². The predicted molar refractivity (Wildman–Crippen MR) is 140 cm³/mol. The third-order valence-electron chi connectivity index (χ3n) is 6.05. The maximum absolute atomic E-state index is 13.4. The van der Waals surface area contributed by atoms with Gasteiger partial charge in [0, 0.05) is 30.3 Å². The number of carbonyl (C=O) groups excluding carboxylic acids is 2. The monoisotopic (exact) mass is 509 g/mol. The van der Waals surface area contributed by atoms with Crippen molar-refractivity contribution in [2.24, 2.45) is 0 Å². The number of hydrogen-bond acceptors (Lipinski definition) is 6. The van der Waals surface area contributed by atoms with Crippen LogP contribution in [0.25, 0.3) is 0 Å². The van der Waals surface area contributed by atoms with Crippen LogP contribution < -0.4 is 14.8 Å². The zero-order chi connectivity index (χ0) is 27.7. The van der Waals surface area contributed by atoms with Crippen LogP contribution in [0.5, 0.6) is 11.5 Å². The van der Waals surface area contributed by atoms with Crippen molar-refractivity contribution >= 4 is 23.5 Å². The lowest BCUT2D eigenvalue weighted by molar-refractivity contribution is 0.0689. The van der Waals surface area contributed by atoms with Gasteiger partial charge in [0.15, 0.2) is 5.78 Å². The standard InChI is InChI=1S/C28H35N3O6/c1-8-36-23-11-17-13-31(25(29)18(17)12-19(23)26(33)30-7)14-22(32)16-9-20(27(34)35)24(37-15(2)3)21(10-16)28(4,5)6/h9-12,15,29H,8,13-14H2,1-7H3,(H,30,33)(H,34,35). The van der Waals surface area contributed by atoms with Crippen LogP contribution in [-0.2, 0) is 12.0 Å². The van der Waals surface area contributed by atoms with Gasteiger partial charge in [0.2, 0.25) is 0 Å². The molecule has 2 aromatic carbocycles. The Morgan fingerprint density at radius 2 is 1.81 bits per heavy atom. The van der Waals surface area contributed by atoms with Gasteiger partial charge < -0.3 is 24.8 Å². The molecule has 37 heavy (non-hydrogen) atoms.